The van der Waals surface area contributed by atoms with Gasteiger partial charge >= 0.3 is 6.01 Å². The summed E-state index contributed by atoms with van der Waals surface area (Å²) in [4.78, 5) is 15.5. The number of hydrogen-bond acceptors (Lipinski definition) is 7. The Balaban J connectivity index is 1.48. The van der Waals surface area contributed by atoms with Crippen molar-refractivity contribution in [3.8, 4) is 11.8 Å². The molecule has 2 aliphatic heterocycles. The van der Waals surface area contributed by atoms with E-state index in [4.69, 9.17) is 4.74 Å². The average molecular weight is 465 g/mol. The highest BCUT2D eigenvalue weighted by Crippen LogP contribution is 2.36. The maximum Gasteiger partial charge on any atom is 0.326 e. The first kappa shape index (κ1) is 22.2. The van der Waals surface area contributed by atoms with Gasteiger partial charge in [0.15, 0.2) is 11.6 Å². The van der Waals surface area contributed by atoms with Crippen LogP contribution in [0.25, 0.3) is 6.08 Å². The van der Waals surface area contributed by atoms with E-state index in [-0.39, 0.29) is 17.3 Å². The Labute approximate surface area is 197 Å². The number of halogens is 2. The second-order valence-corrected chi connectivity index (χ2v) is 8.51. The van der Waals surface area contributed by atoms with Gasteiger partial charge in [0.2, 0.25) is 0 Å². The molecule has 3 heterocycles. The Morgan fingerprint density at radius 3 is 2.76 bits per heavy atom. The zero-order chi connectivity index (χ0) is 23.7. The van der Waals surface area contributed by atoms with Gasteiger partial charge in [-0.05, 0) is 31.9 Å². The molecular formula is C25H26F2N6O. The number of benzene rings is 1. The number of aromatic nitrogens is 2. The fourth-order valence-electron chi connectivity index (χ4n) is 4.28. The van der Waals surface area contributed by atoms with E-state index in [0.29, 0.717) is 36.0 Å². The first-order chi connectivity index (χ1) is 16.5. The molecule has 3 aliphatic rings. The maximum atomic E-state index is 15.2. The van der Waals surface area contributed by atoms with Crippen molar-refractivity contribution in [1.82, 2.24) is 15.3 Å². The number of rotatable bonds is 5. The summed E-state index contributed by atoms with van der Waals surface area (Å²) in [6, 6.07) is 2.82. The molecule has 2 aromatic rings. The van der Waals surface area contributed by atoms with Crippen molar-refractivity contribution in [3.63, 3.8) is 0 Å². The lowest BCUT2D eigenvalue weighted by molar-refractivity contribution is 0.405. The van der Waals surface area contributed by atoms with Crippen LogP contribution in [0.4, 0.5) is 20.4 Å². The molecule has 0 amide bonds. The molecule has 7 nitrogen and oxygen atoms in total. The molecule has 1 aromatic carbocycles. The van der Waals surface area contributed by atoms with E-state index in [9.17, 15) is 4.39 Å². The van der Waals surface area contributed by atoms with Crippen LogP contribution in [0.3, 0.4) is 0 Å². The van der Waals surface area contributed by atoms with Crippen molar-refractivity contribution in [1.29, 1.82) is 0 Å². The van der Waals surface area contributed by atoms with Crippen molar-refractivity contribution in [2.24, 2.45) is 4.99 Å². The van der Waals surface area contributed by atoms with E-state index in [1.54, 1.807) is 6.08 Å². The lowest BCUT2D eigenvalue weighted by Crippen LogP contribution is -2.44. The van der Waals surface area contributed by atoms with Crippen LogP contribution in [0.1, 0.15) is 25.0 Å². The minimum atomic E-state index is -0.613. The highest BCUT2D eigenvalue weighted by Gasteiger charge is 2.24. The number of anilines is 2. The summed E-state index contributed by atoms with van der Waals surface area (Å²) < 4.78 is 35.5. The zero-order valence-corrected chi connectivity index (χ0v) is 19.2. The molecule has 5 rings (SSSR count). The first-order valence-electron chi connectivity index (χ1n) is 11.4. The fourth-order valence-corrected chi connectivity index (χ4v) is 4.28. The Morgan fingerprint density at radius 1 is 1.15 bits per heavy atom. The van der Waals surface area contributed by atoms with E-state index in [1.807, 2.05) is 38.1 Å². The molecule has 2 N–H and O–H groups in total. The van der Waals surface area contributed by atoms with Gasteiger partial charge in [0.1, 0.15) is 23.3 Å². The summed E-state index contributed by atoms with van der Waals surface area (Å²) >= 11 is 0. The van der Waals surface area contributed by atoms with Crippen LogP contribution in [-0.4, -0.2) is 48.5 Å². The normalized spacial score (nSPS) is 17.5. The first-order valence-corrected chi connectivity index (χ1v) is 11.4. The predicted molar refractivity (Wildman–Crippen MR) is 130 cm³/mol. The van der Waals surface area contributed by atoms with Gasteiger partial charge in [0.25, 0.3) is 0 Å². The molecule has 0 unspecified atom stereocenters. The maximum absolute atomic E-state index is 15.2. The summed E-state index contributed by atoms with van der Waals surface area (Å²) in [6.07, 6.45) is 7.95. The number of amidine groups is 1. The van der Waals surface area contributed by atoms with Crippen LogP contribution in [0.15, 0.2) is 46.5 Å². The fraction of sp³-hybridized carbons (Fsp3) is 0.320. The molecule has 0 saturated carbocycles. The molecule has 176 valence electrons. The molecule has 34 heavy (non-hydrogen) atoms. The largest absolute Gasteiger partial charge is 0.421 e. The molecular weight excluding hydrogens is 438 g/mol. The van der Waals surface area contributed by atoms with Gasteiger partial charge in [-0.15, -0.1) is 0 Å². The highest BCUT2D eigenvalue weighted by atomic mass is 19.1. The van der Waals surface area contributed by atoms with Crippen molar-refractivity contribution in [3.05, 3.63) is 64.3 Å². The Bertz CT molecular complexity index is 1240. The van der Waals surface area contributed by atoms with Crippen LogP contribution >= 0.6 is 0 Å². The monoisotopic (exact) mass is 464 g/mol. The van der Waals surface area contributed by atoms with E-state index in [0.717, 1.165) is 43.4 Å². The van der Waals surface area contributed by atoms with Gasteiger partial charge in [0, 0.05) is 49.4 Å². The lowest BCUT2D eigenvalue weighted by Gasteiger charge is -2.28. The average Bonchev–Trinajstić information content (AvgIpc) is 3.44. The van der Waals surface area contributed by atoms with Crippen LogP contribution in [-0.2, 0) is 6.42 Å². The lowest BCUT2D eigenvalue weighted by atomic mass is 10.1. The number of piperazine rings is 1. The van der Waals surface area contributed by atoms with E-state index in [1.165, 1.54) is 0 Å². The second-order valence-electron chi connectivity index (χ2n) is 8.51. The molecule has 0 spiro atoms. The van der Waals surface area contributed by atoms with Crippen molar-refractivity contribution < 1.29 is 13.5 Å². The third-order valence-electron chi connectivity index (χ3n) is 5.90. The molecule has 0 atom stereocenters. The van der Waals surface area contributed by atoms with E-state index < -0.39 is 11.6 Å². The summed E-state index contributed by atoms with van der Waals surface area (Å²) in [5.41, 5.74) is 2.56. The summed E-state index contributed by atoms with van der Waals surface area (Å²) in [6.45, 7) is 7.54. The second kappa shape index (κ2) is 9.34. The van der Waals surface area contributed by atoms with Crippen molar-refractivity contribution in [2.45, 2.75) is 20.3 Å². The minimum absolute atomic E-state index is 0.0632. The summed E-state index contributed by atoms with van der Waals surface area (Å²) in [7, 11) is 0. The quantitative estimate of drug-likeness (QED) is 0.690. The van der Waals surface area contributed by atoms with Crippen LogP contribution in [0.2, 0.25) is 0 Å². The Morgan fingerprint density at radius 2 is 1.97 bits per heavy atom. The number of ether oxygens (including phenoxy) is 1. The van der Waals surface area contributed by atoms with Crippen LogP contribution < -0.4 is 20.3 Å². The molecule has 1 aliphatic carbocycles. The number of fused-ring (bicyclic) bond motifs is 1. The topological polar surface area (TPSA) is 74.7 Å². The zero-order valence-electron chi connectivity index (χ0n) is 19.2. The summed E-state index contributed by atoms with van der Waals surface area (Å²) in [5, 5.41) is 6.51. The number of hydrogen-bond donors (Lipinski definition) is 2. The predicted octanol–water partition coefficient (Wildman–Crippen LogP) is 4.24. The molecule has 1 aromatic heterocycles. The van der Waals surface area contributed by atoms with Crippen LogP contribution in [0, 0.1) is 11.6 Å². The third-order valence-corrected chi connectivity index (χ3v) is 5.90. The standard InChI is InChI=1S/C25H26F2N6O/c1-3-4-16-11-21(29-14-16)30-22-13-23(33-7-5-28-6-8-33)32-25(31-22)34-20-12-19(26)17-9-15(2)10-18(17)24(20)27/h3-4,10-13,28H,5-9,14H2,1-2H3,(H,29,30,31,32)/b4-3+. The number of nitrogens with zero attached hydrogens (tertiary/aromatic N) is 4. The van der Waals surface area contributed by atoms with Crippen molar-refractivity contribution >= 4 is 23.5 Å². The smallest absolute Gasteiger partial charge is 0.326 e. The van der Waals surface area contributed by atoms with Gasteiger partial charge in [-0.25, -0.2) is 8.78 Å². The molecule has 1 fully saturated rings. The minimum Gasteiger partial charge on any atom is -0.421 e. The van der Waals surface area contributed by atoms with Gasteiger partial charge in [-0.3, -0.25) is 4.99 Å². The Hall–Kier alpha value is -3.59. The molecule has 0 bridgehead atoms. The van der Waals surface area contributed by atoms with Crippen LogP contribution in [0.5, 0.6) is 11.8 Å². The third kappa shape index (κ3) is 4.56. The Kier molecular flexibility index (Phi) is 6.10. The molecule has 9 heteroatoms. The highest BCUT2D eigenvalue weighted by molar-refractivity contribution is 6.05. The SMILES string of the molecule is C/C=C/C1=CC(Nc2cc(N3CCNCC3)nc(Oc3cc(F)c4c(c3F)C=C(C)C4)n2)=NC1. The van der Waals surface area contributed by atoms with Gasteiger partial charge in [0.05, 0.1) is 6.54 Å². The van der Waals surface area contributed by atoms with E-state index >= 15 is 4.39 Å². The number of nitrogens with one attached hydrogen (secondary N) is 2. The number of aliphatic imine (C=N–C) groups is 1. The number of allylic oxidation sites excluding steroid dienone is 2. The van der Waals surface area contributed by atoms with Crippen molar-refractivity contribution in [2.75, 3.05) is 42.9 Å². The summed E-state index contributed by atoms with van der Waals surface area (Å²) in [5.74, 6) is 0.422. The molecule has 0 radical (unpaired) electrons. The van der Waals surface area contributed by atoms with Gasteiger partial charge in [-0.1, -0.05) is 23.8 Å². The van der Waals surface area contributed by atoms with E-state index in [2.05, 4.69) is 30.5 Å². The van der Waals surface area contributed by atoms with Gasteiger partial charge < -0.3 is 20.3 Å². The molecule has 1 saturated heterocycles. The van der Waals surface area contributed by atoms with Gasteiger partial charge in [-0.2, -0.15) is 9.97 Å².